The molecule has 3 aliphatic heterocycles. The van der Waals surface area contributed by atoms with Gasteiger partial charge in [-0.2, -0.15) is 0 Å². The molecular formula is C19H25FN2O3. The summed E-state index contributed by atoms with van der Waals surface area (Å²) in [6, 6.07) is 6.27. The van der Waals surface area contributed by atoms with Gasteiger partial charge in [-0.05, 0) is 43.5 Å². The lowest BCUT2D eigenvalue weighted by Gasteiger charge is -2.39. The fourth-order valence-electron chi connectivity index (χ4n) is 4.24. The summed E-state index contributed by atoms with van der Waals surface area (Å²) in [5.74, 6) is -0.333. The molecule has 4 rings (SSSR count). The molecule has 3 fully saturated rings. The Morgan fingerprint density at radius 2 is 1.76 bits per heavy atom. The number of halogens is 1. The summed E-state index contributed by atoms with van der Waals surface area (Å²) in [6.45, 7) is 5.77. The topological polar surface area (TPSA) is 42.0 Å². The number of carbonyl (C=O) groups is 1. The molecule has 3 heterocycles. The van der Waals surface area contributed by atoms with Gasteiger partial charge in [0.1, 0.15) is 5.82 Å². The molecule has 5 nitrogen and oxygen atoms in total. The van der Waals surface area contributed by atoms with Gasteiger partial charge in [0.15, 0.2) is 0 Å². The Morgan fingerprint density at radius 3 is 2.44 bits per heavy atom. The number of ether oxygens (including phenoxy) is 2. The third-order valence-electron chi connectivity index (χ3n) is 5.80. The summed E-state index contributed by atoms with van der Waals surface area (Å²) in [6.07, 6.45) is 2.80. The minimum absolute atomic E-state index is 0.0161. The first-order chi connectivity index (χ1) is 12.2. The van der Waals surface area contributed by atoms with Gasteiger partial charge in [0.2, 0.25) is 0 Å². The van der Waals surface area contributed by atoms with Crippen LogP contribution < -0.4 is 0 Å². The Labute approximate surface area is 147 Å². The van der Waals surface area contributed by atoms with Gasteiger partial charge in [0, 0.05) is 37.8 Å². The number of likely N-dealkylation sites (tertiary alicyclic amines) is 1. The van der Waals surface area contributed by atoms with E-state index in [2.05, 4.69) is 4.90 Å². The lowest BCUT2D eigenvalue weighted by molar-refractivity contribution is -0.0401. The minimum Gasteiger partial charge on any atom is -0.379 e. The van der Waals surface area contributed by atoms with Gasteiger partial charge < -0.3 is 14.4 Å². The second kappa shape index (κ2) is 7.02. The molecule has 0 aromatic heterocycles. The molecule has 6 heteroatoms. The number of rotatable bonds is 2. The fourth-order valence-corrected chi connectivity index (χ4v) is 4.24. The predicted molar refractivity (Wildman–Crippen MR) is 91.0 cm³/mol. The van der Waals surface area contributed by atoms with Crippen molar-refractivity contribution < 1.29 is 18.7 Å². The van der Waals surface area contributed by atoms with Crippen molar-refractivity contribution in [1.29, 1.82) is 0 Å². The van der Waals surface area contributed by atoms with Gasteiger partial charge in [0.25, 0.3) is 5.91 Å². The number of hydrogen-bond acceptors (Lipinski definition) is 4. The molecule has 1 aromatic carbocycles. The average Bonchev–Trinajstić information content (AvgIpc) is 3.07. The van der Waals surface area contributed by atoms with Crippen LogP contribution in [0.25, 0.3) is 0 Å². The Morgan fingerprint density at radius 1 is 1.08 bits per heavy atom. The van der Waals surface area contributed by atoms with Crippen LogP contribution in [0.3, 0.4) is 0 Å². The highest BCUT2D eigenvalue weighted by Gasteiger charge is 2.45. The molecule has 1 atom stereocenters. The van der Waals surface area contributed by atoms with Gasteiger partial charge in [0.05, 0.1) is 25.4 Å². The number of piperidine rings is 1. The normalized spacial score (nSPS) is 26.9. The van der Waals surface area contributed by atoms with Crippen molar-refractivity contribution in [3.05, 3.63) is 35.6 Å². The summed E-state index contributed by atoms with van der Waals surface area (Å²) >= 11 is 0. The highest BCUT2D eigenvalue weighted by atomic mass is 19.1. The number of nitrogens with zero attached hydrogens (tertiary/aromatic N) is 2. The van der Waals surface area contributed by atoms with Crippen LogP contribution in [0.4, 0.5) is 4.39 Å². The molecule has 25 heavy (non-hydrogen) atoms. The van der Waals surface area contributed by atoms with Crippen molar-refractivity contribution in [2.24, 2.45) is 0 Å². The molecule has 0 aliphatic carbocycles. The van der Waals surface area contributed by atoms with E-state index < -0.39 is 0 Å². The van der Waals surface area contributed by atoms with E-state index in [1.165, 1.54) is 12.1 Å². The molecule has 1 spiro atoms. The SMILES string of the molecule is O=C(c1ccc(F)cc1)N1CCC2(CC1)C[C@H](N1CCOCC1)CO2. The molecule has 0 unspecified atom stereocenters. The average molecular weight is 348 g/mol. The molecule has 0 saturated carbocycles. The maximum Gasteiger partial charge on any atom is 0.253 e. The lowest BCUT2D eigenvalue weighted by atomic mass is 9.86. The van der Waals surface area contributed by atoms with Crippen molar-refractivity contribution in [3.8, 4) is 0 Å². The van der Waals surface area contributed by atoms with E-state index in [1.807, 2.05) is 4.90 Å². The number of morpholine rings is 1. The smallest absolute Gasteiger partial charge is 0.253 e. The maximum atomic E-state index is 13.0. The summed E-state index contributed by atoms with van der Waals surface area (Å²) in [7, 11) is 0. The van der Waals surface area contributed by atoms with E-state index in [-0.39, 0.29) is 17.3 Å². The highest BCUT2D eigenvalue weighted by molar-refractivity contribution is 5.94. The summed E-state index contributed by atoms with van der Waals surface area (Å²) in [5, 5.41) is 0. The third-order valence-corrected chi connectivity index (χ3v) is 5.80. The van der Waals surface area contributed by atoms with Gasteiger partial charge in [-0.1, -0.05) is 0 Å². The largest absolute Gasteiger partial charge is 0.379 e. The zero-order valence-corrected chi connectivity index (χ0v) is 14.5. The van der Waals surface area contributed by atoms with E-state index in [1.54, 1.807) is 12.1 Å². The van der Waals surface area contributed by atoms with E-state index in [0.29, 0.717) is 24.7 Å². The molecule has 136 valence electrons. The highest BCUT2D eigenvalue weighted by Crippen LogP contribution is 2.38. The second-order valence-corrected chi connectivity index (χ2v) is 7.30. The molecular weight excluding hydrogens is 323 g/mol. The first-order valence-electron chi connectivity index (χ1n) is 9.16. The first kappa shape index (κ1) is 16.9. The number of hydrogen-bond donors (Lipinski definition) is 0. The third kappa shape index (κ3) is 3.57. The summed E-state index contributed by atoms with van der Waals surface area (Å²) in [4.78, 5) is 16.9. The molecule has 0 N–H and O–H groups in total. The van der Waals surface area contributed by atoms with Crippen LogP contribution in [0.2, 0.25) is 0 Å². The number of carbonyl (C=O) groups excluding carboxylic acids is 1. The fraction of sp³-hybridized carbons (Fsp3) is 0.632. The van der Waals surface area contributed by atoms with Crippen LogP contribution in [-0.2, 0) is 9.47 Å². The van der Waals surface area contributed by atoms with E-state index in [4.69, 9.17) is 9.47 Å². The van der Waals surface area contributed by atoms with Crippen LogP contribution in [-0.4, -0.2) is 73.3 Å². The predicted octanol–water partition coefficient (Wildman–Crippen LogP) is 1.92. The van der Waals surface area contributed by atoms with Crippen LogP contribution in [0.15, 0.2) is 24.3 Å². The van der Waals surface area contributed by atoms with Crippen LogP contribution in [0, 0.1) is 5.82 Å². The summed E-state index contributed by atoms with van der Waals surface area (Å²) in [5.41, 5.74) is 0.471. The minimum atomic E-state index is -0.317. The van der Waals surface area contributed by atoms with Crippen LogP contribution in [0.5, 0.6) is 0 Å². The van der Waals surface area contributed by atoms with Crippen molar-refractivity contribution in [2.75, 3.05) is 46.0 Å². The Bertz CT molecular complexity index is 608. The van der Waals surface area contributed by atoms with Crippen molar-refractivity contribution >= 4 is 5.91 Å². The van der Waals surface area contributed by atoms with Crippen molar-refractivity contribution in [2.45, 2.75) is 30.9 Å². The summed E-state index contributed by atoms with van der Waals surface area (Å²) < 4.78 is 24.7. The molecule has 1 amide bonds. The molecule has 0 radical (unpaired) electrons. The standard InChI is InChI=1S/C19H25FN2O3/c20-16-3-1-15(2-4-16)18(23)22-7-5-19(6-8-22)13-17(14-25-19)21-9-11-24-12-10-21/h1-4,17H,5-14H2/t17-/m0/s1. The van der Waals surface area contributed by atoms with Gasteiger partial charge >= 0.3 is 0 Å². The molecule has 3 saturated heterocycles. The van der Waals surface area contributed by atoms with E-state index >= 15 is 0 Å². The van der Waals surface area contributed by atoms with Crippen LogP contribution >= 0.6 is 0 Å². The van der Waals surface area contributed by atoms with Crippen LogP contribution in [0.1, 0.15) is 29.6 Å². The van der Waals surface area contributed by atoms with Crippen molar-refractivity contribution in [1.82, 2.24) is 9.80 Å². The Hall–Kier alpha value is -1.50. The second-order valence-electron chi connectivity index (χ2n) is 7.30. The monoisotopic (exact) mass is 348 g/mol. The Balaban J connectivity index is 1.33. The molecule has 1 aromatic rings. The quantitative estimate of drug-likeness (QED) is 0.819. The zero-order valence-electron chi connectivity index (χ0n) is 14.5. The Kier molecular flexibility index (Phi) is 4.75. The van der Waals surface area contributed by atoms with E-state index in [0.717, 1.165) is 52.2 Å². The maximum absolute atomic E-state index is 13.0. The lowest BCUT2D eigenvalue weighted by Crippen LogP contribution is -2.48. The van der Waals surface area contributed by atoms with Gasteiger partial charge in [-0.3, -0.25) is 9.69 Å². The zero-order chi connectivity index (χ0) is 17.3. The van der Waals surface area contributed by atoms with Gasteiger partial charge in [-0.15, -0.1) is 0 Å². The van der Waals surface area contributed by atoms with Gasteiger partial charge in [-0.25, -0.2) is 4.39 Å². The number of benzene rings is 1. The molecule has 3 aliphatic rings. The number of amides is 1. The molecule has 0 bridgehead atoms. The van der Waals surface area contributed by atoms with Crippen molar-refractivity contribution in [3.63, 3.8) is 0 Å². The first-order valence-corrected chi connectivity index (χ1v) is 9.16. The van der Waals surface area contributed by atoms with E-state index in [9.17, 15) is 9.18 Å².